The van der Waals surface area contributed by atoms with E-state index in [2.05, 4.69) is 0 Å². The van der Waals surface area contributed by atoms with Crippen molar-refractivity contribution >= 4 is 33.0 Å². The Balaban J connectivity index is 2.03. The fraction of sp³-hybridized carbons (Fsp3) is 0.300. The number of hydrazine groups is 1. The molecule has 0 saturated carbocycles. The van der Waals surface area contributed by atoms with Crippen molar-refractivity contribution in [2.45, 2.75) is 31.1 Å². The minimum atomic E-state index is -3.34. The van der Waals surface area contributed by atoms with Crippen molar-refractivity contribution in [1.82, 2.24) is 0 Å². The number of carbonyl (C=O) groups excluding carboxylic acids is 2. The van der Waals surface area contributed by atoms with E-state index in [1.807, 2.05) is 13.0 Å². The van der Waals surface area contributed by atoms with Crippen molar-refractivity contribution in [3.63, 3.8) is 0 Å². The van der Waals surface area contributed by atoms with Gasteiger partial charge in [0.05, 0.1) is 16.3 Å². The highest BCUT2D eigenvalue weighted by atomic mass is 32.2. The number of para-hydroxylation sites is 1. The molecule has 1 saturated heterocycles. The van der Waals surface area contributed by atoms with Crippen LogP contribution in [0, 0.1) is 5.92 Å². The number of anilines is 2. The summed E-state index contributed by atoms with van der Waals surface area (Å²) in [6.07, 6.45) is 3.30. The summed E-state index contributed by atoms with van der Waals surface area (Å²) >= 11 is 0. The van der Waals surface area contributed by atoms with Crippen LogP contribution >= 0.6 is 0 Å². The van der Waals surface area contributed by atoms with Gasteiger partial charge in [-0.3, -0.25) is 9.59 Å². The summed E-state index contributed by atoms with van der Waals surface area (Å²) in [6, 6.07) is 15.0. The molecular weight excluding hydrogens is 364 g/mol. The smallest absolute Gasteiger partial charge is 0.258 e. The lowest BCUT2D eigenvalue weighted by Gasteiger charge is -2.27. The Morgan fingerprint density at radius 1 is 0.852 bits per heavy atom. The molecule has 6 nitrogen and oxygen atoms in total. The molecule has 3 rings (SSSR count). The Morgan fingerprint density at radius 3 is 1.85 bits per heavy atom. The summed E-state index contributed by atoms with van der Waals surface area (Å²) in [5, 5.41) is 2.74. The molecule has 0 bridgehead atoms. The van der Waals surface area contributed by atoms with Gasteiger partial charge in [-0.05, 0) is 42.8 Å². The van der Waals surface area contributed by atoms with Crippen LogP contribution in [-0.4, -0.2) is 26.5 Å². The van der Waals surface area contributed by atoms with Crippen molar-refractivity contribution in [1.29, 1.82) is 0 Å². The Hall–Kier alpha value is -2.67. The second-order valence-electron chi connectivity index (χ2n) is 6.60. The zero-order valence-electron chi connectivity index (χ0n) is 15.3. The summed E-state index contributed by atoms with van der Waals surface area (Å²) in [7, 11) is -3.34. The first-order chi connectivity index (χ1) is 12.8. The lowest BCUT2D eigenvalue weighted by atomic mass is 10.0. The topological polar surface area (TPSA) is 74.8 Å². The predicted octanol–water partition coefficient (Wildman–Crippen LogP) is 3.19. The van der Waals surface area contributed by atoms with E-state index in [-0.39, 0.29) is 16.7 Å². The maximum absolute atomic E-state index is 13.0. The highest BCUT2D eigenvalue weighted by Crippen LogP contribution is 2.34. The van der Waals surface area contributed by atoms with Gasteiger partial charge in [-0.25, -0.2) is 18.4 Å². The molecular formula is C20H22N2O4S. The number of nitrogens with zero attached hydrogens (tertiary/aromatic N) is 2. The molecule has 1 unspecified atom stereocenters. The third kappa shape index (κ3) is 3.73. The van der Waals surface area contributed by atoms with Gasteiger partial charge in [0.1, 0.15) is 5.92 Å². The third-order valence-electron chi connectivity index (χ3n) is 4.57. The highest BCUT2D eigenvalue weighted by Gasteiger charge is 2.46. The van der Waals surface area contributed by atoms with E-state index in [1.54, 1.807) is 36.4 Å². The molecule has 2 aromatic carbocycles. The van der Waals surface area contributed by atoms with Gasteiger partial charge in [0.15, 0.2) is 9.84 Å². The van der Waals surface area contributed by atoms with Crippen molar-refractivity contribution in [2.24, 2.45) is 5.92 Å². The van der Waals surface area contributed by atoms with E-state index in [4.69, 9.17) is 0 Å². The summed E-state index contributed by atoms with van der Waals surface area (Å²) in [6.45, 7) is 2.01. The minimum Gasteiger partial charge on any atom is -0.272 e. The molecule has 7 heteroatoms. The molecule has 1 atom stereocenters. The number of benzene rings is 2. The first-order valence-corrected chi connectivity index (χ1v) is 10.8. The number of unbranched alkanes of at least 4 members (excludes halogenated alkanes) is 1. The van der Waals surface area contributed by atoms with E-state index < -0.39 is 15.8 Å². The highest BCUT2D eigenvalue weighted by molar-refractivity contribution is 7.90. The predicted molar refractivity (Wildman–Crippen MR) is 104 cm³/mol. The molecule has 0 N–H and O–H groups in total. The lowest BCUT2D eigenvalue weighted by molar-refractivity contribution is -0.127. The first kappa shape index (κ1) is 19.1. The van der Waals surface area contributed by atoms with Crippen LogP contribution in [0.3, 0.4) is 0 Å². The largest absolute Gasteiger partial charge is 0.272 e. The van der Waals surface area contributed by atoms with E-state index in [9.17, 15) is 18.0 Å². The fourth-order valence-corrected chi connectivity index (χ4v) is 3.77. The van der Waals surface area contributed by atoms with Gasteiger partial charge in [0.25, 0.3) is 11.8 Å². The zero-order valence-corrected chi connectivity index (χ0v) is 16.1. The Morgan fingerprint density at radius 2 is 1.37 bits per heavy atom. The van der Waals surface area contributed by atoms with Gasteiger partial charge in [0.2, 0.25) is 0 Å². The maximum Gasteiger partial charge on any atom is 0.258 e. The zero-order chi connectivity index (χ0) is 19.6. The molecule has 27 heavy (non-hydrogen) atoms. The van der Waals surface area contributed by atoms with Crippen molar-refractivity contribution < 1.29 is 18.0 Å². The summed E-state index contributed by atoms with van der Waals surface area (Å²) in [5.41, 5.74) is 1.06. The van der Waals surface area contributed by atoms with Crippen LogP contribution in [-0.2, 0) is 19.4 Å². The van der Waals surface area contributed by atoms with E-state index in [0.29, 0.717) is 17.8 Å². The van der Waals surface area contributed by atoms with Crippen LogP contribution in [0.15, 0.2) is 59.5 Å². The minimum absolute atomic E-state index is 0.165. The lowest BCUT2D eigenvalue weighted by Crippen LogP contribution is -2.41. The number of hydrogen-bond donors (Lipinski definition) is 0. The summed E-state index contributed by atoms with van der Waals surface area (Å²) in [4.78, 5) is 26.2. The second-order valence-corrected chi connectivity index (χ2v) is 8.61. The van der Waals surface area contributed by atoms with Gasteiger partial charge < -0.3 is 0 Å². The number of carbonyl (C=O) groups is 2. The Bertz CT molecular complexity index is 940. The van der Waals surface area contributed by atoms with Crippen molar-refractivity contribution in [2.75, 3.05) is 16.3 Å². The number of hydrogen-bond acceptors (Lipinski definition) is 4. The van der Waals surface area contributed by atoms with Crippen LogP contribution in [0.4, 0.5) is 11.4 Å². The number of amides is 2. The van der Waals surface area contributed by atoms with Crippen LogP contribution < -0.4 is 10.0 Å². The van der Waals surface area contributed by atoms with E-state index in [0.717, 1.165) is 19.1 Å². The van der Waals surface area contributed by atoms with E-state index >= 15 is 0 Å². The molecule has 2 aromatic rings. The van der Waals surface area contributed by atoms with Crippen LogP contribution in [0.1, 0.15) is 26.2 Å². The fourth-order valence-electron chi connectivity index (χ4n) is 3.14. The van der Waals surface area contributed by atoms with Gasteiger partial charge >= 0.3 is 0 Å². The standard InChI is InChI=1S/C20H22N2O4S/c1-3-4-10-18-19(23)21(15-8-6-5-7-9-15)22(20(18)24)16-11-13-17(14-12-16)27(2,25)26/h5-9,11-14,18H,3-4,10H2,1-2H3. The average molecular weight is 386 g/mol. The van der Waals surface area contributed by atoms with Crippen LogP contribution in [0.5, 0.6) is 0 Å². The van der Waals surface area contributed by atoms with Crippen LogP contribution in [0.25, 0.3) is 0 Å². The molecule has 0 aromatic heterocycles. The van der Waals surface area contributed by atoms with Gasteiger partial charge in [-0.2, -0.15) is 0 Å². The van der Waals surface area contributed by atoms with Gasteiger partial charge in [-0.1, -0.05) is 38.0 Å². The van der Waals surface area contributed by atoms with Crippen molar-refractivity contribution in [3.05, 3.63) is 54.6 Å². The Labute approximate surface area is 159 Å². The molecule has 1 aliphatic rings. The van der Waals surface area contributed by atoms with Crippen LogP contribution in [0.2, 0.25) is 0 Å². The maximum atomic E-state index is 13.0. The van der Waals surface area contributed by atoms with E-state index in [1.165, 1.54) is 22.2 Å². The quantitative estimate of drug-likeness (QED) is 0.715. The number of rotatable bonds is 6. The summed E-state index contributed by atoms with van der Waals surface area (Å²) < 4.78 is 23.4. The molecule has 0 aliphatic carbocycles. The van der Waals surface area contributed by atoms with Crippen molar-refractivity contribution in [3.8, 4) is 0 Å². The van der Waals surface area contributed by atoms with Gasteiger partial charge in [0, 0.05) is 6.26 Å². The number of sulfone groups is 1. The molecule has 0 spiro atoms. The summed E-state index contributed by atoms with van der Waals surface area (Å²) in [5.74, 6) is -1.27. The van der Waals surface area contributed by atoms with Gasteiger partial charge in [-0.15, -0.1) is 0 Å². The molecule has 1 fully saturated rings. The average Bonchev–Trinajstić information content (AvgIpc) is 2.90. The molecule has 0 radical (unpaired) electrons. The molecule has 1 heterocycles. The molecule has 2 amide bonds. The first-order valence-electron chi connectivity index (χ1n) is 8.87. The second kappa shape index (κ2) is 7.52. The SMILES string of the molecule is CCCCC1C(=O)N(c2ccccc2)N(c2ccc(S(C)(=O)=O)cc2)C1=O. The third-order valence-corrected chi connectivity index (χ3v) is 5.70. The Kier molecular flexibility index (Phi) is 5.32. The molecule has 1 aliphatic heterocycles. The monoisotopic (exact) mass is 386 g/mol. The normalized spacial score (nSPS) is 17.6. The molecule has 142 valence electrons.